The van der Waals surface area contributed by atoms with Gasteiger partial charge in [0, 0.05) is 44.8 Å². The van der Waals surface area contributed by atoms with E-state index in [0.717, 1.165) is 30.9 Å². The van der Waals surface area contributed by atoms with Crippen LogP contribution in [0.5, 0.6) is 5.88 Å². The smallest absolute Gasteiger partial charge is 0.213 e. The van der Waals surface area contributed by atoms with Crippen molar-refractivity contribution < 1.29 is 4.74 Å². The van der Waals surface area contributed by atoms with E-state index in [-0.39, 0.29) is 0 Å². The van der Waals surface area contributed by atoms with Gasteiger partial charge in [0.25, 0.3) is 0 Å². The van der Waals surface area contributed by atoms with Crippen molar-refractivity contribution in [2.45, 2.75) is 51.4 Å². The third-order valence-corrected chi connectivity index (χ3v) is 5.53. The first-order chi connectivity index (χ1) is 15.3. The highest BCUT2D eigenvalue weighted by atomic mass is 16.5. The van der Waals surface area contributed by atoms with Gasteiger partial charge >= 0.3 is 0 Å². The number of hydrogen-bond donors (Lipinski definition) is 2. The van der Waals surface area contributed by atoms with E-state index in [0.29, 0.717) is 25.1 Å². The fourth-order valence-electron chi connectivity index (χ4n) is 3.80. The zero-order valence-corrected chi connectivity index (χ0v) is 18.0. The summed E-state index contributed by atoms with van der Waals surface area (Å²) in [4.78, 5) is 8.80. The molecular formula is C24H30N6O. The zero-order valence-electron chi connectivity index (χ0n) is 18.0. The Balaban J connectivity index is 1.27. The largest absolute Gasteiger partial charge is 0.474 e. The lowest BCUT2D eigenvalue weighted by Gasteiger charge is -2.15. The van der Waals surface area contributed by atoms with Crippen molar-refractivity contribution in [3.63, 3.8) is 0 Å². The zero-order chi connectivity index (χ0) is 21.3. The van der Waals surface area contributed by atoms with Crippen LogP contribution in [0.4, 0.5) is 0 Å². The average molecular weight is 419 g/mol. The molecule has 31 heavy (non-hydrogen) atoms. The van der Waals surface area contributed by atoms with Gasteiger partial charge in [-0.25, -0.2) is 4.98 Å². The highest BCUT2D eigenvalue weighted by Gasteiger charge is 2.16. The van der Waals surface area contributed by atoms with E-state index in [9.17, 15) is 0 Å². The number of guanidine groups is 1. The Kier molecular flexibility index (Phi) is 7.16. The summed E-state index contributed by atoms with van der Waals surface area (Å²) in [7, 11) is 1.78. The van der Waals surface area contributed by atoms with Crippen LogP contribution < -0.4 is 15.4 Å². The number of nitrogens with zero attached hydrogens (tertiary/aromatic N) is 4. The molecule has 0 amide bonds. The number of aromatic nitrogens is 3. The number of ether oxygens (including phenoxy) is 1. The van der Waals surface area contributed by atoms with Crippen LogP contribution in [-0.2, 0) is 19.6 Å². The molecule has 7 nitrogen and oxygen atoms in total. The van der Waals surface area contributed by atoms with Crippen LogP contribution in [0.15, 0.2) is 66.0 Å². The number of aliphatic imine (C=N–C) groups is 1. The number of nitrogens with one attached hydrogen (secondary N) is 2. The molecule has 1 aliphatic carbocycles. The molecule has 1 aromatic carbocycles. The van der Waals surface area contributed by atoms with Gasteiger partial charge in [-0.1, -0.05) is 30.3 Å². The second kappa shape index (κ2) is 10.6. The predicted molar refractivity (Wildman–Crippen MR) is 122 cm³/mol. The van der Waals surface area contributed by atoms with E-state index in [2.05, 4.69) is 56.0 Å². The second-order valence-corrected chi connectivity index (χ2v) is 7.78. The van der Waals surface area contributed by atoms with Gasteiger partial charge in [0.1, 0.15) is 6.10 Å². The lowest BCUT2D eigenvalue weighted by Crippen LogP contribution is -2.36. The van der Waals surface area contributed by atoms with Crippen molar-refractivity contribution in [2.75, 3.05) is 7.05 Å². The van der Waals surface area contributed by atoms with Crippen LogP contribution in [0, 0.1) is 0 Å². The van der Waals surface area contributed by atoms with Crippen LogP contribution in [-0.4, -0.2) is 33.9 Å². The van der Waals surface area contributed by atoms with E-state index in [1.54, 1.807) is 13.2 Å². The normalized spacial score (nSPS) is 14.5. The Morgan fingerprint density at radius 3 is 2.58 bits per heavy atom. The number of benzene rings is 1. The van der Waals surface area contributed by atoms with Crippen molar-refractivity contribution in [2.24, 2.45) is 4.99 Å². The van der Waals surface area contributed by atoms with Gasteiger partial charge in [-0.2, -0.15) is 5.10 Å². The summed E-state index contributed by atoms with van der Waals surface area (Å²) in [5.41, 5.74) is 3.54. The SMILES string of the molecule is CN=C(NCc1ccc(OC2CCCC2)nc1)NCc1ccccc1Cn1cccn1. The highest BCUT2D eigenvalue weighted by Crippen LogP contribution is 2.22. The number of pyridine rings is 1. The molecule has 0 saturated heterocycles. The van der Waals surface area contributed by atoms with Gasteiger partial charge in [-0.15, -0.1) is 0 Å². The summed E-state index contributed by atoms with van der Waals surface area (Å²) in [6, 6.07) is 14.3. The first-order valence-corrected chi connectivity index (χ1v) is 10.9. The molecule has 2 heterocycles. The topological polar surface area (TPSA) is 76.4 Å². The Hall–Kier alpha value is -3.35. The van der Waals surface area contributed by atoms with Gasteiger partial charge in [0.2, 0.25) is 5.88 Å². The minimum absolute atomic E-state index is 0.329. The lowest BCUT2D eigenvalue weighted by molar-refractivity contribution is 0.201. The predicted octanol–water partition coefficient (Wildman–Crippen LogP) is 3.51. The molecule has 0 radical (unpaired) electrons. The van der Waals surface area contributed by atoms with Crippen molar-refractivity contribution in [3.8, 4) is 5.88 Å². The second-order valence-electron chi connectivity index (χ2n) is 7.78. The Bertz CT molecular complexity index is 962. The lowest BCUT2D eigenvalue weighted by atomic mass is 10.1. The fourth-order valence-corrected chi connectivity index (χ4v) is 3.80. The average Bonchev–Trinajstić information content (AvgIpc) is 3.50. The van der Waals surface area contributed by atoms with Gasteiger partial charge < -0.3 is 15.4 Å². The molecule has 2 aromatic heterocycles. The van der Waals surface area contributed by atoms with Gasteiger partial charge in [-0.3, -0.25) is 9.67 Å². The Morgan fingerprint density at radius 2 is 1.87 bits per heavy atom. The third kappa shape index (κ3) is 6.07. The van der Waals surface area contributed by atoms with Crippen molar-refractivity contribution in [1.82, 2.24) is 25.4 Å². The molecule has 0 unspecified atom stereocenters. The minimum atomic E-state index is 0.329. The monoisotopic (exact) mass is 418 g/mol. The van der Waals surface area contributed by atoms with Crippen molar-refractivity contribution in [1.29, 1.82) is 0 Å². The maximum Gasteiger partial charge on any atom is 0.213 e. The molecule has 3 aromatic rings. The molecule has 0 atom stereocenters. The maximum atomic E-state index is 5.94. The van der Waals surface area contributed by atoms with E-state index in [1.165, 1.54) is 24.0 Å². The van der Waals surface area contributed by atoms with E-state index in [1.807, 2.05) is 29.2 Å². The summed E-state index contributed by atoms with van der Waals surface area (Å²) >= 11 is 0. The first kappa shape index (κ1) is 20.9. The fraction of sp³-hybridized carbons (Fsp3) is 0.375. The molecule has 162 valence electrons. The molecular weight excluding hydrogens is 388 g/mol. The summed E-state index contributed by atoms with van der Waals surface area (Å²) in [6.07, 6.45) is 10.8. The summed E-state index contributed by atoms with van der Waals surface area (Å²) in [5, 5.41) is 11.1. The summed E-state index contributed by atoms with van der Waals surface area (Å²) in [5.74, 6) is 1.46. The van der Waals surface area contributed by atoms with Crippen molar-refractivity contribution in [3.05, 3.63) is 77.7 Å². The standard InChI is InChI=1S/C24H30N6O/c1-25-24(27-16-19-11-12-23(26-15-19)31-22-9-4-5-10-22)28-17-20-7-2-3-8-21(20)18-30-14-6-13-29-30/h2-3,6-8,11-15,22H,4-5,9-10,16-18H2,1H3,(H2,25,27,28). The molecule has 2 N–H and O–H groups in total. The summed E-state index contributed by atoms with van der Waals surface area (Å²) in [6.45, 7) is 2.08. The van der Waals surface area contributed by atoms with Crippen LogP contribution in [0.25, 0.3) is 0 Å². The van der Waals surface area contributed by atoms with E-state index >= 15 is 0 Å². The Morgan fingerprint density at radius 1 is 1.06 bits per heavy atom. The van der Waals surface area contributed by atoms with Gasteiger partial charge in [0.05, 0.1) is 6.54 Å². The Labute approximate surface area is 183 Å². The van der Waals surface area contributed by atoms with Gasteiger partial charge in [0.15, 0.2) is 5.96 Å². The quantitative estimate of drug-likeness (QED) is 0.432. The molecule has 4 rings (SSSR count). The molecule has 0 aliphatic heterocycles. The van der Waals surface area contributed by atoms with E-state index < -0.39 is 0 Å². The van der Waals surface area contributed by atoms with Crippen LogP contribution in [0.3, 0.4) is 0 Å². The van der Waals surface area contributed by atoms with E-state index in [4.69, 9.17) is 4.74 Å². The molecule has 1 aliphatic rings. The van der Waals surface area contributed by atoms with Crippen LogP contribution >= 0.6 is 0 Å². The minimum Gasteiger partial charge on any atom is -0.474 e. The van der Waals surface area contributed by atoms with Crippen LogP contribution in [0.2, 0.25) is 0 Å². The first-order valence-electron chi connectivity index (χ1n) is 10.9. The number of hydrogen-bond acceptors (Lipinski definition) is 4. The van der Waals surface area contributed by atoms with Crippen molar-refractivity contribution >= 4 is 5.96 Å². The summed E-state index contributed by atoms with van der Waals surface area (Å²) < 4.78 is 7.87. The molecule has 0 spiro atoms. The molecule has 0 bridgehead atoms. The highest BCUT2D eigenvalue weighted by molar-refractivity contribution is 5.79. The maximum absolute atomic E-state index is 5.94. The molecule has 1 fully saturated rings. The van der Waals surface area contributed by atoms with Crippen LogP contribution in [0.1, 0.15) is 42.4 Å². The third-order valence-electron chi connectivity index (χ3n) is 5.53. The number of rotatable bonds is 8. The molecule has 7 heteroatoms. The molecule has 1 saturated carbocycles. The van der Waals surface area contributed by atoms with Gasteiger partial charge in [-0.05, 0) is 48.4 Å².